The monoisotopic (exact) mass is 273 g/mol. The Morgan fingerprint density at radius 3 is 3.05 bits per heavy atom. The predicted octanol–water partition coefficient (Wildman–Crippen LogP) is 0.665. The van der Waals surface area contributed by atoms with E-state index in [9.17, 15) is 4.79 Å². The average molecular weight is 273 g/mol. The molecule has 2 amide bonds. The summed E-state index contributed by atoms with van der Waals surface area (Å²) in [6, 6.07) is 8.79. The third-order valence-corrected chi connectivity index (χ3v) is 3.46. The van der Waals surface area contributed by atoms with Crippen molar-refractivity contribution in [3.05, 3.63) is 29.8 Å². The van der Waals surface area contributed by atoms with E-state index in [4.69, 9.17) is 11.0 Å². The standard InChI is InChI=1S/C14H19N5O/c1-18-5-6-19(13(9-16)10-18)14(20)17-12-4-2-3-11(7-12)8-15/h2-4,7,13H,5-6,9-10,16H2,1H3,(H,17,20). The van der Waals surface area contributed by atoms with Gasteiger partial charge in [-0.15, -0.1) is 0 Å². The van der Waals surface area contributed by atoms with E-state index in [0.29, 0.717) is 24.3 Å². The van der Waals surface area contributed by atoms with Gasteiger partial charge in [0.25, 0.3) is 0 Å². The Hall–Kier alpha value is -2.10. The number of anilines is 1. The van der Waals surface area contributed by atoms with E-state index >= 15 is 0 Å². The van der Waals surface area contributed by atoms with Crippen LogP contribution in [-0.4, -0.2) is 55.1 Å². The second-order valence-corrected chi connectivity index (χ2v) is 4.97. The minimum Gasteiger partial charge on any atom is -0.328 e. The lowest BCUT2D eigenvalue weighted by Gasteiger charge is -2.39. The summed E-state index contributed by atoms with van der Waals surface area (Å²) in [5, 5.41) is 11.7. The quantitative estimate of drug-likeness (QED) is 0.829. The molecule has 1 heterocycles. The molecule has 0 aliphatic carbocycles. The summed E-state index contributed by atoms with van der Waals surface area (Å²) < 4.78 is 0. The number of likely N-dealkylation sites (N-methyl/N-ethyl adjacent to an activating group) is 1. The Morgan fingerprint density at radius 2 is 2.35 bits per heavy atom. The lowest BCUT2D eigenvalue weighted by atomic mass is 10.2. The number of rotatable bonds is 2. The molecule has 6 heteroatoms. The van der Waals surface area contributed by atoms with Gasteiger partial charge in [0.05, 0.1) is 17.7 Å². The molecule has 0 aromatic heterocycles. The van der Waals surface area contributed by atoms with Crippen LogP contribution in [0.2, 0.25) is 0 Å². The molecule has 1 aliphatic rings. The van der Waals surface area contributed by atoms with Gasteiger partial charge >= 0.3 is 6.03 Å². The van der Waals surface area contributed by atoms with E-state index in [-0.39, 0.29) is 12.1 Å². The van der Waals surface area contributed by atoms with Gasteiger partial charge in [-0.3, -0.25) is 0 Å². The van der Waals surface area contributed by atoms with E-state index in [0.717, 1.165) is 13.1 Å². The van der Waals surface area contributed by atoms with Crippen LogP contribution in [0.4, 0.5) is 10.5 Å². The summed E-state index contributed by atoms with van der Waals surface area (Å²) >= 11 is 0. The lowest BCUT2D eigenvalue weighted by Crippen LogP contribution is -2.57. The number of piperazine rings is 1. The highest BCUT2D eigenvalue weighted by atomic mass is 16.2. The van der Waals surface area contributed by atoms with E-state index in [1.807, 2.05) is 7.05 Å². The maximum Gasteiger partial charge on any atom is 0.322 e. The van der Waals surface area contributed by atoms with Crippen molar-refractivity contribution in [3.8, 4) is 6.07 Å². The number of carbonyl (C=O) groups is 1. The zero-order valence-corrected chi connectivity index (χ0v) is 11.5. The Kier molecular flexibility index (Phi) is 4.56. The predicted molar refractivity (Wildman–Crippen MR) is 77.2 cm³/mol. The number of nitrogens with two attached hydrogens (primary N) is 1. The number of nitrogens with zero attached hydrogens (tertiary/aromatic N) is 3. The molecule has 0 radical (unpaired) electrons. The molecule has 0 bridgehead atoms. The van der Waals surface area contributed by atoms with Crippen molar-refractivity contribution in [2.45, 2.75) is 6.04 Å². The second-order valence-electron chi connectivity index (χ2n) is 4.97. The van der Waals surface area contributed by atoms with Crippen molar-refractivity contribution in [2.24, 2.45) is 5.73 Å². The highest BCUT2D eigenvalue weighted by molar-refractivity contribution is 5.89. The molecular weight excluding hydrogens is 254 g/mol. The average Bonchev–Trinajstić information content (AvgIpc) is 2.47. The van der Waals surface area contributed by atoms with Crippen LogP contribution in [-0.2, 0) is 0 Å². The number of nitrogens with one attached hydrogen (secondary N) is 1. The Balaban J connectivity index is 2.05. The Morgan fingerprint density at radius 1 is 1.55 bits per heavy atom. The zero-order chi connectivity index (χ0) is 14.5. The first-order valence-electron chi connectivity index (χ1n) is 6.60. The van der Waals surface area contributed by atoms with Gasteiger partial charge in [0, 0.05) is 31.9 Å². The summed E-state index contributed by atoms with van der Waals surface area (Å²) in [5.41, 5.74) is 6.89. The molecule has 1 aromatic rings. The molecule has 1 atom stereocenters. The van der Waals surface area contributed by atoms with Crippen LogP contribution in [0.5, 0.6) is 0 Å². The van der Waals surface area contributed by atoms with Gasteiger partial charge in [-0.05, 0) is 25.2 Å². The minimum atomic E-state index is -0.163. The summed E-state index contributed by atoms with van der Waals surface area (Å²) in [6.45, 7) is 2.71. The van der Waals surface area contributed by atoms with Crippen molar-refractivity contribution >= 4 is 11.7 Å². The molecule has 2 rings (SSSR count). The number of benzene rings is 1. The van der Waals surface area contributed by atoms with E-state index < -0.39 is 0 Å². The highest BCUT2D eigenvalue weighted by Gasteiger charge is 2.27. The molecular formula is C14H19N5O. The lowest BCUT2D eigenvalue weighted by molar-refractivity contribution is 0.120. The van der Waals surface area contributed by atoms with Crippen LogP contribution < -0.4 is 11.1 Å². The second kappa shape index (κ2) is 6.37. The number of hydrogen-bond donors (Lipinski definition) is 2. The van der Waals surface area contributed by atoms with Crippen molar-refractivity contribution in [1.82, 2.24) is 9.80 Å². The third kappa shape index (κ3) is 3.26. The van der Waals surface area contributed by atoms with Crippen molar-refractivity contribution in [1.29, 1.82) is 5.26 Å². The minimum absolute atomic E-state index is 0.0212. The molecule has 1 aromatic carbocycles. The molecule has 20 heavy (non-hydrogen) atoms. The number of nitriles is 1. The van der Waals surface area contributed by atoms with Crippen LogP contribution in [0.15, 0.2) is 24.3 Å². The topological polar surface area (TPSA) is 85.4 Å². The molecule has 3 N–H and O–H groups in total. The van der Waals surface area contributed by atoms with Gasteiger partial charge < -0.3 is 20.9 Å². The van der Waals surface area contributed by atoms with Crippen LogP contribution >= 0.6 is 0 Å². The summed E-state index contributed by atoms with van der Waals surface area (Å²) in [5.74, 6) is 0. The van der Waals surface area contributed by atoms with Crippen molar-refractivity contribution < 1.29 is 4.79 Å². The van der Waals surface area contributed by atoms with E-state index in [1.54, 1.807) is 29.2 Å². The van der Waals surface area contributed by atoms with Gasteiger partial charge in [0.1, 0.15) is 0 Å². The normalized spacial score (nSPS) is 19.4. The zero-order valence-electron chi connectivity index (χ0n) is 11.5. The van der Waals surface area contributed by atoms with E-state index in [2.05, 4.69) is 16.3 Å². The first kappa shape index (κ1) is 14.3. The maximum absolute atomic E-state index is 12.3. The van der Waals surface area contributed by atoms with E-state index in [1.165, 1.54) is 0 Å². The van der Waals surface area contributed by atoms with Gasteiger partial charge in [-0.25, -0.2) is 4.79 Å². The highest BCUT2D eigenvalue weighted by Crippen LogP contribution is 2.13. The molecule has 1 unspecified atom stereocenters. The van der Waals surface area contributed by atoms with Gasteiger partial charge in [0.15, 0.2) is 0 Å². The third-order valence-electron chi connectivity index (χ3n) is 3.46. The fraction of sp³-hybridized carbons (Fsp3) is 0.429. The van der Waals surface area contributed by atoms with Crippen LogP contribution in [0, 0.1) is 11.3 Å². The maximum atomic E-state index is 12.3. The van der Waals surface area contributed by atoms with Crippen LogP contribution in [0.3, 0.4) is 0 Å². The summed E-state index contributed by atoms with van der Waals surface area (Å²) in [7, 11) is 2.02. The molecule has 1 aliphatic heterocycles. The first-order chi connectivity index (χ1) is 9.63. The molecule has 0 spiro atoms. The fourth-order valence-electron chi connectivity index (χ4n) is 2.34. The SMILES string of the molecule is CN1CCN(C(=O)Nc2cccc(C#N)c2)C(CN)C1. The molecule has 0 saturated carbocycles. The van der Waals surface area contributed by atoms with Crippen LogP contribution in [0.25, 0.3) is 0 Å². The van der Waals surface area contributed by atoms with Gasteiger partial charge in [-0.2, -0.15) is 5.26 Å². The molecule has 1 fully saturated rings. The van der Waals surface area contributed by atoms with Gasteiger partial charge in [0.2, 0.25) is 0 Å². The summed E-state index contributed by atoms with van der Waals surface area (Å²) in [6.07, 6.45) is 0. The van der Waals surface area contributed by atoms with Gasteiger partial charge in [-0.1, -0.05) is 6.07 Å². The van der Waals surface area contributed by atoms with Crippen molar-refractivity contribution in [3.63, 3.8) is 0 Å². The number of urea groups is 1. The van der Waals surface area contributed by atoms with Crippen molar-refractivity contribution in [2.75, 3.05) is 38.5 Å². The first-order valence-corrected chi connectivity index (χ1v) is 6.60. The number of hydrogen-bond acceptors (Lipinski definition) is 4. The molecule has 6 nitrogen and oxygen atoms in total. The number of carbonyl (C=O) groups excluding carboxylic acids is 1. The smallest absolute Gasteiger partial charge is 0.322 e. The Bertz CT molecular complexity index is 525. The van der Waals surface area contributed by atoms with Crippen LogP contribution in [0.1, 0.15) is 5.56 Å². The Labute approximate surface area is 118 Å². The largest absolute Gasteiger partial charge is 0.328 e. The fourth-order valence-corrected chi connectivity index (χ4v) is 2.34. The molecule has 1 saturated heterocycles. The number of amides is 2. The summed E-state index contributed by atoms with van der Waals surface area (Å²) in [4.78, 5) is 16.2. The molecule has 106 valence electrons.